The fraction of sp³-hybridized carbons (Fsp3) is 0.368. The summed E-state index contributed by atoms with van der Waals surface area (Å²) in [6.45, 7) is 2.95. The highest BCUT2D eigenvalue weighted by atomic mass is 16.5. The molecule has 2 N–H and O–H groups in total. The summed E-state index contributed by atoms with van der Waals surface area (Å²) in [4.78, 5) is 26.0. The molecule has 0 aliphatic carbocycles. The minimum Gasteiger partial charge on any atom is -0.451 e. The van der Waals surface area contributed by atoms with E-state index < -0.39 is 6.10 Å². The Balaban J connectivity index is 1.77. The lowest BCUT2D eigenvalue weighted by Crippen LogP contribution is -2.46. The molecule has 7 heteroatoms. The summed E-state index contributed by atoms with van der Waals surface area (Å²) in [7, 11) is 1.54. The van der Waals surface area contributed by atoms with Gasteiger partial charge in [0.05, 0.1) is 25.4 Å². The molecule has 0 bridgehead atoms. The molecule has 1 aromatic heterocycles. The maximum Gasteiger partial charge on any atom is 0.286 e. The Labute approximate surface area is 151 Å². The second-order valence-electron chi connectivity index (χ2n) is 6.08. The lowest BCUT2D eigenvalue weighted by Gasteiger charge is -2.28. The van der Waals surface area contributed by atoms with Crippen LogP contribution >= 0.6 is 0 Å². The first-order chi connectivity index (χ1) is 12.5. The Morgan fingerprint density at radius 1 is 1.19 bits per heavy atom. The SMILES string of the molecule is CCN(C(=O)c1ccc(-c2ccc(C(=O)NC)o2)cc1)[C@H]1COC[C@@H]1O. The van der Waals surface area contributed by atoms with E-state index in [1.54, 1.807) is 41.3 Å². The highest BCUT2D eigenvalue weighted by Gasteiger charge is 2.34. The van der Waals surface area contributed by atoms with Gasteiger partial charge in [-0.15, -0.1) is 0 Å². The van der Waals surface area contributed by atoms with Crippen molar-refractivity contribution in [3.8, 4) is 11.3 Å². The van der Waals surface area contributed by atoms with Gasteiger partial charge in [-0.05, 0) is 31.2 Å². The molecule has 138 valence electrons. The summed E-state index contributed by atoms with van der Waals surface area (Å²) in [5.74, 6) is 0.336. The first kappa shape index (κ1) is 18.2. The minimum absolute atomic E-state index is 0.154. The average Bonchev–Trinajstić information content (AvgIpc) is 3.32. The van der Waals surface area contributed by atoms with Gasteiger partial charge < -0.3 is 24.5 Å². The number of aliphatic hydroxyl groups is 1. The molecule has 2 aromatic rings. The molecular formula is C19H22N2O5. The lowest BCUT2D eigenvalue weighted by molar-refractivity contribution is 0.0520. The molecule has 3 rings (SSSR count). The second-order valence-corrected chi connectivity index (χ2v) is 6.08. The van der Waals surface area contributed by atoms with E-state index in [1.807, 2.05) is 6.92 Å². The van der Waals surface area contributed by atoms with Gasteiger partial charge in [0.2, 0.25) is 0 Å². The molecule has 0 spiro atoms. The summed E-state index contributed by atoms with van der Waals surface area (Å²) in [5, 5.41) is 12.5. The number of aliphatic hydroxyl groups excluding tert-OH is 1. The molecule has 2 heterocycles. The molecule has 2 amide bonds. The van der Waals surface area contributed by atoms with Crippen LogP contribution in [0.15, 0.2) is 40.8 Å². The summed E-state index contributed by atoms with van der Waals surface area (Å²) in [6, 6.07) is 9.96. The monoisotopic (exact) mass is 358 g/mol. The quantitative estimate of drug-likeness (QED) is 0.846. The number of hydrogen-bond acceptors (Lipinski definition) is 5. The third-order valence-electron chi connectivity index (χ3n) is 4.50. The average molecular weight is 358 g/mol. The predicted molar refractivity (Wildman–Crippen MR) is 94.9 cm³/mol. The zero-order chi connectivity index (χ0) is 18.7. The fourth-order valence-corrected chi connectivity index (χ4v) is 3.04. The molecule has 2 atom stereocenters. The van der Waals surface area contributed by atoms with E-state index in [4.69, 9.17) is 9.15 Å². The van der Waals surface area contributed by atoms with Crippen molar-refractivity contribution >= 4 is 11.8 Å². The molecular weight excluding hydrogens is 336 g/mol. The van der Waals surface area contributed by atoms with Crippen LogP contribution in [0.5, 0.6) is 0 Å². The number of rotatable bonds is 5. The van der Waals surface area contributed by atoms with Crippen LogP contribution in [0.2, 0.25) is 0 Å². The number of carbonyl (C=O) groups is 2. The zero-order valence-corrected chi connectivity index (χ0v) is 14.8. The van der Waals surface area contributed by atoms with Crippen molar-refractivity contribution < 1.29 is 23.8 Å². The molecule has 1 aliphatic rings. The van der Waals surface area contributed by atoms with Crippen LogP contribution in [-0.4, -0.2) is 60.8 Å². The summed E-state index contributed by atoms with van der Waals surface area (Å²) >= 11 is 0. The number of furan rings is 1. The Morgan fingerprint density at radius 2 is 1.92 bits per heavy atom. The first-order valence-electron chi connectivity index (χ1n) is 8.54. The number of ether oxygens (including phenoxy) is 1. The highest BCUT2D eigenvalue weighted by Crippen LogP contribution is 2.24. The van der Waals surface area contributed by atoms with Crippen molar-refractivity contribution in [1.29, 1.82) is 0 Å². The second kappa shape index (κ2) is 7.72. The van der Waals surface area contributed by atoms with Crippen LogP contribution in [0.4, 0.5) is 0 Å². The smallest absolute Gasteiger partial charge is 0.286 e. The minimum atomic E-state index is -0.663. The van der Waals surface area contributed by atoms with Crippen molar-refractivity contribution in [3.05, 3.63) is 47.7 Å². The van der Waals surface area contributed by atoms with Crippen LogP contribution in [0.3, 0.4) is 0 Å². The maximum atomic E-state index is 12.8. The lowest BCUT2D eigenvalue weighted by atomic mass is 10.1. The van der Waals surface area contributed by atoms with Crippen molar-refractivity contribution in [3.63, 3.8) is 0 Å². The van der Waals surface area contributed by atoms with E-state index in [9.17, 15) is 14.7 Å². The van der Waals surface area contributed by atoms with Crippen molar-refractivity contribution in [2.45, 2.75) is 19.1 Å². The van der Waals surface area contributed by atoms with E-state index in [0.717, 1.165) is 5.56 Å². The Morgan fingerprint density at radius 3 is 2.50 bits per heavy atom. The summed E-state index contributed by atoms with van der Waals surface area (Å²) < 4.78 is 10.8. The van der Waals surface area contributed by atoms with Crippen molar-refractivity contribution in [1.82, 2.24) is 10.2 Å². The Kier molecular flexibility index (Phi) is 5.39. The number of carbonyl (C=O) groups excluding carboxylic acids is 2. The van der Waals surface area contributed by atoms with Crippen LogP contribution in [0.25, 0.3) is 11.3 Å². The number of nitrogens with one attached hydrogen (secondary N) is 1. The fourth-order valence-electron chi connectivity index (χ4n) is 3.04. The van der Waals surface area contributed by atoms with Gasteiger partial charge in [-0.3, -0.25) is 9.59 Å². The maximum absolute atomic E-state index is 12.8. The Bertz CT molecular complexity index is 783. The van der Waals surface area contributed by atoms with Gasteiger partial charge in [0.15, 0.2) is 5.76 Å². The number of amides is 2. The molecule has 0 unspecified atom stereocenters. The first-order valence-corrected chi connectivity index (χ1v) is 8.54. The number of nitrogens with zero attached hydrogens (tertiary/aromatic N) is 1. The number of benzene rings is 1. The highest BCUT2D eigenvalue weighted by molar-refractivity contribution is 5.95. The summed E-state index contributed by atoms with van der Waals surface area (Å²) in [6.07, 6.45) is -0.663. The van der Waals surface area contributed by atoms with E-state index in [2.05, 4.69) is 5.32 Å². The van der Waals surface area contributed by atoms with E-state index >= 15 is 0 Å². The molecule has 7 nitrogen and oxygen atoms in total. The molecule has 1 saturated heterocycles. The van der Waals surface area contributed by atoms with E-state index in [1.165, 1.54) is 7.05 Å². The van der Waals surface area contributed by atoms with Crippen LogP contribution in [-0.2, 0) is 4.74 Å². The molecule has 0 radical (unpaired) electrons. The van der Waals surface area contributed by atoms with Gasteiger partial charge in [-0.2, -0.15) is 0 Å². The van der Waals surface area contributed by atoms with Gasteiger partial charge in [-0.25, -0.2) is 0 Å². The molecule has 1 aliphatic heterocycles. The van der Waals surface area contributed by atoms with Crippen molar-refractivity contribution in [2.75, 3.05) is 26.8 Å². The van der Waals surface area contributed by atoms with E-state index in [0.29, 0.717) is 24.5 Å². The number of hydrogen-bond donors (Lipinski definition) is 2. The van der Waals surface area contributed by atoms with Gasteiger partial charge in [0.1, 0.15) is 5.76 Å². The third kappa shape index (κ3) is 3.49. The van der Waals surface area contributed by atoms with Gasteiger partial charge in [0, 0.05) is 24.7 Å². The topological polar surface area (TPSA) is 92.0 Å². The van der Waals surface area contributed by atoms with Crippen LogP contribution in [0, 0.1) is 0 Å². The van der Waals surface area contributed by atoms with Gasteiger partial charge in [-0.1, -0.05) is 12.1 Å². The normalized spacial score (nSPS) is 19.3. The van der Waals surface area contributed by atoms with Gasteiger partial charge >= 0.3 is 0 Å². The molecule has 26 heavy (non-hydrogen) atoms. The summed E-state index contributed by atoms with van der Waals surface area (Å²) in [5.41, 5.74) is 1.29. The third-order valence-corrected chi connectivity index (χ3v) is 4.50. The van der Waals surface area contributed by atoms with Gasteiger partial charge in [0.25, 0.3) is 11.8 Å². The Hall–Kier alpha value is -2.64. The molecule has 1 aromatic carbocycles. The van der Waals surface area contributed by atoms with E-state index in [-0.39, 0.29) is 30.2 Å². The molecule has 0 saturated carbocycles. The largest absolute Gasteiger partial charge is 0.451 e. The predicted octanol–water partition coefficient (Wildman–Crippen LogP) is 1.53. The van der Waals surface area contributed by atoms with Crippen molar-refractivity contribution in [2.24, 2.45) is 0 Å². The number of likely N-dealkylation sites (N-methyl/N-ethyl adjacent to an activating group) is 1. The van der Waals surface area contributed by atoms with Crippen LogP contribution in [0.1, 0.15) is 27.8 Å². The standard InChI is InChI=1S/C19H22N2O5/c1-3-21(14-10-25-11-15(14)22)19(24)13-6-4-12(5-7-13)16-8-9-17(26-16)18(23)20-2/h4-9,14-15,22H,3,10-11H2,1-2H3,(H,20,23)/t14-,15-/m0/s1. The molecule has 1 fully saturated rings. The van der Waals surface area contributed by atoms with Crippen LogP contribution < -0.4 is 5.32 Å². The zero-order valence-electron chi connectivity index (χ0n) is 14.8.